The standard InChI is InChI=1S/C10H17NO2/c1-2-9-4-3-5-10(9,8-11)13-7-6-12/h9,12H,2-7H2,1H3. The Bertz CT molecular complexity index is 200. The third-order valence-electron chi connectivity index (χ3n) is 2.89. The van der Waals surface area contributed by atoms with Crippen molar-refractivity contribution in [1.29, 1.82) is 5.26 Å². The Morgan fingerprint density at radius 2 is 2.46 bits per heavy atom. The molecular formula is C10H17NO2. The van der Waals surface area contributed by atoms with Crippen molar-refractivity contribution >= 4 is 0 Å². The summed E-state index contributed by atoms with van der Waals surface area (Å²) in [7, 11) is 0. The number of rotatable bonds is 4. The number of aliphatic hydroxyl groups excluding tert-OH is 1. The van der Waals surface area contributed by atoms with Crippen LogP contribution in [0.1, 0.15) is 32.6 Å². The predicted octanol–water partition coefficient (Wildman–Crippen LogP) is 1.47. The SMILES string of the molecule is CCC1CCCC1(C#N)OCCO. The molecule has 0 amide bonds. The van der Waals surface area contributed by atoms with Crippen molar-refractivity contribution in [3.05, 3.63) is 0 Å². The molecule has 1 rings (SSSR count). The summed E-state index contributed by atoms with van der Waals surface area (Å²) < 4.78 is 5.48. The van der Waals surface area contributed by atoms with E-state index in [-0.39, 0.29) is 13.2 Å². The van der Waals surface area contributed by atoms with Crippen molar-refractivity contribution in [3.8, 4) is 6.07 Å². The van der Waals surface area contributed by atoms with E-state index >= 15 is 0 Å². The molecule has 3 heteroatoms. The topological polar surface area (TPSA) is 53.2 Å². The zero-order valence-corrected chi connectivity index (χ0v) is 8.12. The second kappa shape index (κ2) is 4.59. The fourth-order valence-corrected chi connectivity index (χ4v) is 2.18. The summed E-state index contributed by atoms with van der Waals surface area (Å²) in [5, 5.41) is 17.7. The van der Waals surface area contributed by atoms with Gasteiger partial charge in [-0.2, -0.15) is 5.26 Å². The van der Waals surface area contributed by atoms with Crippen LogP contribution in [0.2, 0.25) is 0 Å². The monoisotopic (exact) mass is 183 g/mol. The van der Waals surface area contributed by atoms with Crippen molar-refractivity contribution in [1.82, 2.24) is 0 Å². The number of nitriles is 1. The molecule has 74 valence electrons. The highest BCUT2D eigenvalue weighted by Crippen LogP contribution is 2.40. The number of hydrogen-bond donors (Lipinski definition) is 1. The Morgan fingerprint density at radius 1 is 1.69 bits per heavy atom. The first kappa shape index (κ1) is 10.5. The van der Waals surface area contributed by atoms with Crippen LogP contribution in [0.25, 0.3) is 0 Å². The predicted molar refractivity (Wildman–Crippen MR) is 49.0 cm³/mol. The zero-order chi connectivity index (χ0) is 9.73. The first-order valence-electron chi connectivity index (χ1n) is 4.95. The molecule has 2 unspecified atom stereocenters. The van der Waals surface area contributed by atoms with E-state index in [1.54, 1.807) is 0 Å². The highest BCUT2D eigenvalue weighted by molar-refractivity contribution is 5.09. The van der Waals surface area contributed by atoms with Gasteiger partial charge in [-0.3, -0.25) is 0 Å². The van der Waals surface area contributed by atoms with Crippen molar-refractivity contribution in [2.24, 2.45) is 5.92 Å². The lowest BCUT2D eigenvalue weighted by atomic mass is 9.90. The quantitative estimate of drug-likeness (QED) is 0.718. The van der Waals surface area contributed by atoms with E-state index in [9.17, 15) is 0 Å². The van der Waals surface area contributed by atoms with Crippen LogP contribution in [0, 0.1) is 17.2 Å². The number of ether oxygens (including phenoxy) is 1. The zero-order valence-electron chi connectivity index (χ0n) is 8.12. The molecule has 1 aliphatic rings. The Balaban J connectivity index is 2.62. The summed E-state index contributed by atoms with van der Waals surface area (Å²) in [5.74, 6) is 0.351. The molecule has 3 nitrogen and oxygen atoms in total. The molecule has 0 spiro atoms. The van der Waals surface area contributed by atoms with Gasteiger partial charge in [0.25, 0.3) is 0 Å². The number of hydrogen-bond acceptors (Lipinski definition) is 3. The largest absolute Gasteiger partial charge is 0.394 e. The fraction of sp³-hybridized carbons (Fsp3) is 0.900. The molecular weight excluding hydrogens is 166 g/mol. The molecule has 1 aliphatic carbocycles. The van der Waals surface area contributed by atoms with Crippen LogP contribution in [-0.2, 0) is 4.74 Å². The minimum absolute atomic E-state index is 0.000135. The van der Waals surface area contributed by atoms with Gasteiger partial charge in [0.05, 0.1) is 19.3 Å². The lowest BCUT2D eigenvalue weighted by Gasteiger charge is -2.27. The fourth-order valence-electron chi connectivity index (χ4n) is 2.18. The van der Waals surface area contributed by atoms with E-state index in [1.165, 1.54) is 0 Å². The Labute approximate surface area is 79.3 Å². The second-order valence-corrected chi connectivity index (χ2v) is 3.57. The van der Waals surface area contributed by atoms with Gasteiger partial charge in [-0.05, 0) is 25.7 Å². The van der Waals surface area contributed by atoms with E-state index in [0.29, 0.717) is 5.92 Å². The summed E-state index contributed by atoms with van der Waals surface area (Å²) >= 11 is 0. The Hall–Kier alpha value is -0.590. The maximum atomic E-state index is 9.09. The molecule has 0 aromatic heterocycles. The van der Waals surface area contributed by atoms with Crippen molar-refractivity contribution in [2.45, 2.75) is 38.2 Å². The van der Waals surface area contributed by atoms with Gasteiger partial charge >= 0.3 is 0 Å². The van der Waals surface area contributed by atoms with Crippen LogP contribution >= 0.6 is 0 Å². The van der Waals surface area contributed by atoms with Crippen LogP contribution in [-0.4, -0.2) is 23.9 Å². The number of aliphatic hydroxyl groups is 1. The molecule has 2 atom stereocenters. The van der Waals surface area contributed by atoms with E-state index in [2.05, 4.69) is 13.0 Å². The van der Waals surface area contributed by atoms with Gasteiger partial charge < -0.3 is 9.84 Å². The van der Waals surface area contributed by atoms with Gasteiger partial charge in [0, 0.05) is 5.92 Å². The maximum absolute atomic E-state index is 9.09. The normalized spacial score (nSPS) is 33.2. The van der Waals surface area contributed by atoms with Crippen molar-refractivity contribution in [2.75, 3.05) is 13.2 Å². The van der Waals surface area contributed by atoms with Crippen LogP contribution in [0.5, 0.6) is 0 Å². The molecule has 0 heterocycles. The van der Waals surface area contributed by atoms with Gasteiger partial charge in [0.2, 0.25) is 0 Å². The first-order chi connectivity index (χ1) is 6.29. The van der Waals surface area contributed by atoms with Gasteiger partial charge in [0.1, 0.15) is 0 Å². The molecule has 1 saturated carbocycles. The van der Waals surface area contributed by atoms with Gasteiger partial charge in [-0.1, -0.05) is 6.92 Å². The minimum atomic E-state index is -0.600. The van der Waals surface area contributed by atoms with Crippen LogP contribution in [0.3, 0.4) is 0 Å². The Morgan fingerprint density at radius 3 is 3.00 bits per heavy atom. The molecule has 0 aromatic rings. The smallest absolute Gasteiger partial charge is 0.157 e. The molecule has 13 heavy (non-hydrogen) atoms. The third kappa shape index (κ3) is 2.01. The highest BCUT2D eigenvalue weighted by Gasteiger charge is 2.43. The van der Waals surface area contributed by atoms with Crippen molar-refractivity contribution in [3.63, 3.8) is 0 Å². The van der Waals surface area contributed by atoms with E-state index in [0.717, 1.165) is 25.7 Å². The van der Waals surface area contributed by atoms with Crippen molar-refractivity contribution < 1.29 is 9.84 Å². The summed E-state index contributed by atoms with van der Waals surface area (Å²) in [5.41, 5.74) is -0.600. The third-order valence-corrected chi connectivity index (χ3v) is 2.89. The molecule has 0 radical (unpaired) electrons. The second-order valence-electron chi connectivity index (χ2n) is 3.57. The van der Waals surface area contributed by atoms with E-state index in [4.69, 9.17) is 15.1 Å². The lowest BCUT2D eigenvalue weighted by Crippen LogP contribution is -2.35. The molecule has 1 fully saturated rings. The van der Waals surface area contributed by atoms with E-state index in [1.807, 2.05) is 0 Å². The van der Waals surface area contributed by atoms with Crippen LogP contribution in [0.15, 0.2) is 0 Å². The van der Waals surface area contributed by atoms with Gasteiger partial charge in [0.15, 0.2) is 5.60 Å². The van der Waals surface area contributed by atoms with E-state index < -0.39 is 5.60 Å². The summed E-state index contributed by atoms with van der Waals surface area (Å²) in [6.07, 6.45) is 3.95. The summed E-state index contributed by atoms with van der Waals surface area (Å²) in [6.45, 7) is 2.37. The first-order valence-corrected chi connectivity index (χ1v) is 4.95. The average molecular weight is 183 g/mol. The molecule has 0 saturated heterocycles. The number of nitrogens with zero attached hydrogens (tertiary/aromatic N) is 1. The summed E-state index contributed by atoms with van der Waals surface area (Å²) in [6, 6.07) is 2.28. The average Bonchev–Trinajstić information content (AvgIpc) is 2.58. The summed E-state index contributed by atoms with van der Waals surface area (Å²) in [4.78, 5) is 0. The lowest BCUT2D eigenvalue weighted by molar-refractivity contribution is -0.0437. The van der Waals surface area contributed by atoms with Gasteiger partial charge in [-0.15, -0.1) is 0 Å². The molecule has 0 aromatic carbocycles. The van der Waals surface area contributed by atoms with Gasteiger partial charge in [-0.25, -0.2) is 0 Å². The maximum Gasteiger partial charge on any atom is 0.157 e. The minimum Gasteiger partial charge on any atom is -0.394 e. The van der Waals surface area contributed by atoms with Crippen LogP contribution < -0.4 is 0 Å². The Kier molecular flexibility index (Phi) is 3.71. The molecule has 0 bridgehead atoms. The molecule has 1 N–H and O–H groups in total. The van der Waals surface area contributed by atoms with Crippen LogP contribution in [0.4, 0.5) is 0 Å². The molecule has 0 aliphatic heterocycles. The highest BCUT2D eigenvalue weighted by atomic mass is 16.5.